The van der Waals surface area contributed by atoms with E-state index in [1.807, 2.05) is 19.1 Å². The summed E-state index contributed by atoms with van der Waals surface area (Å²) >= 11 is 6.47. The highest BCUT2D eigenvalue weighted by molar-refractivity contribution is 6.30. The summed E-state index contributed by atoms with van der Waals surface area (Å²) in [6.07, 6.45) is 6.34. The molecule has 12 heteroatoms. The number of aromatic amines is 1. The Kier molecular flexibility index (Phi) is 7.44. The summed E-state index contributed by atoms with van der Waals surface area (Å²) in [5.41, 5.74) is 4.57. The highest BCUT2D eigenvalue weighted by Crippen LogP contribution is 2.39. The molecule has 2 fully saturated rings. The summed E-state index contributed by atoms with van der Waals surface area (Å²) in [4.78, 5) is 33.6. The van der Waals surface area contributed by atoms with Crippen molar-refractivity contribution in [1.29, 1.82) is 0 Å². The first-order valence-electron chi connectivity index (χ1n) is 14.8. The zero-order valence-corrected chi connectivity index (χ0v) is 24.9. The van der Waals surface area contributed by atoms with Crippen molar-refractivity contribution in [3.63, 3.8) is 0 Å². The Morgan fingerprint density at radius 2 is 1.91 bits per heavy atom. The number of fused-ring (bicyclic) bond motifs is 1. The molecule has 0 unspecified atom stereocenters. The van der Waals surface area contributed by atoms with Crippen LogP contribution < -0.4 is 10.7 Å². The fourth-order valence-electron chi connectivity index (χ4n) is 6.34. The van der Waals surface area contributed by atoms with E-state index in [4.69, 9.17) is 35.7 Å². The molecular formula is C31H33ClN8O3. The van der Waals surface area contributed by atoms with Gasteiger partial charge in [-0.1, -0.05) is 61.7 Å². The molecule has 1 N–H and O–H groups in total. The number of ether oxygens (including phenoxy) is 1. The minimum absolute atomic E-state index is 0.00769. The molecule has 1 aliphatic carbocycles. The lowest BCUT2D eigenvalue weighted by molar-refractivity contribution is 0.0927. The molecule has 222 valence electrons. The Morgan fingerprint density at radius 3 is 2.67 bits per heavy atom. The van der Waals surface area contributed by atoms with Gasteiger partial charge in [-0.15, -0.1) is 5.10 Å². The molecule has 11 nitrogen and oxygen atoms in total. The normalized spacial score (nSPS) is 21.0. The summed E-state index contributed by atoms with van der Waals surface area (Å²) in [5, 5.41) is 6.81. The number of hydrogen-bond acceptors (Lipinski definition) is 9. The Hall–Kier alpha value is -4.09. The van der Waals surface area contributed by atoms with Crippen molar-refractivity contribution in [3.05, 3.63) is 69.4 Å². The maximum absolute atomic E-state index is 11.9. The smallest absolute Gasteiger partial charge is 0.384 e. The molecule has 1 aliphatic heterocycles. The van der Waals surface area contributed by atoms with Gasteiger partial charge in [-0.3, -0.25) is 4.98 Å². The molecule has 43 heavy (non-hydrogen) atoms. The zero-order valence-electron chi connectivity index (χ0n) is 24.2. The highest BCUT2D eigenvalue weighted by atomic mass is 35.5. The van der Waals surface area contributed by atoms with Gasteiger partial charge in [0.25, 0.3) is 5.89 Å². The number of H-pyrrole nitrogens is 1. The van der Waals surface area contributed by atoms with E-state index in [0.717, 1.165) is 53.6 Å². The van der Waals surface area contributed by atoms with E-state index in [9.17, 15) is 4.79 Å². The number of hydrogen-bond donors (Lipinski definition) is 1. The summed E-state index contributed by atoms with van der Waals surface area (Å²) in [6.45, 7) is 6.85. The van der Waals surface area contributed by atoms with E-state index in [1.54, 1.807) is 6.20 Å². The van der Waals surface area contributed by atoms with Crippen molar-refractivity contribution in [2.45, 2.75) is 52.1 Å². The van der Waals surface area contributed by atoms with Crippen LogP contribution in [0.5, 0.6) is 0 Å². The molecular weight excluding hydrogens is 568 g/mol. The number of aryl methyl sites for hydroxylation is 1. The molecule has 1 atom stereocenters. The minimum atomic E-state index is -0.683. The summed E-state index contributed by atoms with van der Waals surface area (Å²) < 4.78 is 13.5. The third-order valence-corrected chi connectivity index (χ3v) is 8.87. The van der Waals surface area contributed by atoms with E-state index >= 15 is 0 Å². The van der Waals surface area contributed by atoms with Gasteiger partial charge in [0.05, 0.1) is 24.3 Å². The average Bonchev–Trinajstić information content (AvgIpc) is 3.63. The van der Waals surface area contributed by atoms with Gasteiger partial charge in [0.15, 0.2) is 5.65 Å². The molecule has 0 amide bonds. The van der Waals surface area contributed by atoms with Crippen molar-refractivity contribution in [2.75, 3.05) is 24.7 Å². The predicted molar refractivity (Wildman–Crippen MR) is 163 cm³/mol. The van der Waals surface area contributed by atoms with Crippen LogP contribution in [0.2, 0.25) is 5.02 Å². The molecule has 1 saturated carbocycles. The predicted octanol–water partition coefficient (Wildman–Crippen LogP) is 5.60. The third kappa shape index (κ3) is 5.43. The standard InChI is InChI=1S/C31H33ClN8O3/c1-18-8-10-20(11-9-18)16-40-26-25(23-14-22(32)15-33-19(23)2)34-28(29-37-38-31(41)43-29)35-27(26)36-30(40)39-12-13-42-17-24(39)21-6-4-3-5-7-21/h3-7,14-15,18,20,24H,8-13,16-17H2,1-2H3,(H,38,41)/t18-,20-,24-/m0/s1. The molecule has 7 rings (SSSR count). The van der Waals surface area contributed by atoms with Crippen LogP contribution in [0.3, 0.4) is 0 Å². The number of anilines is 1. The Bertz CT molecular complexity index is 1810. The Labute approximate surface area is 253 Å². The summed E-state index contributed by atoms with van der Waals surface area (Å²) in [6, 6.07) is 12.2. The first-order chi connectivity index (χ1) is 20.9. The number of aromatic nitrogens is 7. The van der Waals surface area contributed by atoms with Crippen molar-refractivity contribution in [3.8, 4) is 23.0 Å². The number of halogens is 1. The minimum Gasteiger partial charge on any atom is -0.384 e. The van der Waals surface area contributed by atoms with Crippen molar-refractivity contribution >= 4 is 28.7 Å². The number of nitrogens with one attached hydrogen (secondary N) is 1. The van der Waals surface area contributed by atoms with Gasteiger partial charge in [0.1, 0.15) is 11.2 Å². The number of imidazole rings is 1. The lowest BCUT2D eigenvalue weighted by atomic mass is 9.83. The number of benzene rings is 1. The van der Waals surface area contributed by atoms with Gasteiger partial charge in [-0.05, 0) is 43.2 Å². The molecule has 4 aromatic heterocycles. The van der Waals surface area contributed by atoms with E-state index < -0.39 is 5.76 Å². The zero-order chi connectivity index (χ0) is 29.5. The summed E-state index contributed by atoms with van der Waals surface area (Å²) in [7, 11) is 0. The number of pyridine rings is 1. The van der Waals surface area contributed by atoms with E-state index in [1.165, 1.54) is 12.8 Å². The van der Waals surface area contributed by atoms with Gasteiger partial charge in [-0.2, -0.15) is 4.98 Å². The lowest BCUT2D eigenvalue weighted by Gasteiger charge is -2.37. The topological polar surface area (TPSA) is 128 Å². The molecule has 1 saturated heterocycles. The molecule has 1 aromatic carbocycles. The molecule has 2 aliphatic rings. The second kappa shape index (κ2) is 11.5. The fraction of sp³-hybridized carbons (Fsp3) is 0.419. The van der Waals surface area contributed by atoms with Crippen molar-refractivity contribution < 1.29 is 9.15 Å². The molecule has 5 heterocycles. The average molecular weight is 601 g/mol. The molecule has 0 bridgehead atoms. The van der Waals surface area contributed by atoms with Gasteiger partial charge < -0.3 is 18.6 Å². The van der Waals surface area contributed by atoms with E-state index in [0.29, 0.717) is 42.0 Å². The van der Waals surface area contributed by atoms with Crippen LogP contribution >= 0.6 is 11.6 Å². The van der Waals surface area contributed by atoms with Crippen molar-refractivity contribution in [1.82, 2.24) is 34.7 Å². The Morgan fingerprint density at radius 1 is 1.09 bits per heavy atom. The first kappa shape index (κ1) is 27.7. The number of rotatable bonds is 6. The second-order valence-corrected chi connectivity index (χ2v) is 12.1. The van der Waals surface area contributed by atoms with Gasteiger partial charge in [-0.25, -0.2) is 19.9 Å². The van der Waals surface area contributed by atoms with Gasteiger partial charge in [0, 0.05) is 30.5 Å². The third-order valence-electron chi connectivity index (χ3n) is 8.67. The monoisotopic (exact) mass is 600 g/mol. The van der Waals surface area contributed by atoms with Crippen LogP contribution in [-0.2, 0) is 11.3 Å². The SMILES string of the molecule is Cc1ncc(Cl)cc1-c1nc(-c2n[nH]c(=O)o2)nc2nc(N3CCOC[C@H]3c3ccccc3)n(C[C@H]3CC[C@H](C)CC3)c12. The maximum Gasteiger partial charge on any atom is 0.434 e. The Balaban J connectivity index is 1.47. The first-order valence-corrected chi connectivity index (χ1v) is 15.2. The van der Waals surface area contributed by atoms with E-state index in [2.05, 4.69) is 55.8 Å². The highest BCUT2D eigenvalue weighted by Gasteiger charge is 2.32. The van der Waals surface area contributed by atoms with Crippen molar-refractivity contribution in [2.24, 2.45) is 11.8 Å². The molecule has 5 aromatic rings. The largest absolute Gasteiger partial charge is 0.434 e. The summed E-state index contributed by atoms with van der Waals surface area (Å²) in [5.74, 6) is 1.50. The van der Waals surface area contributed by atoms with Crippen LogP contribution in [0.15, 0.2) is 51.8 Å². The quantitative estimate of drug-likeness (QED) is 0.265. The van der Waals surface area contributed by atoms with Crippen LogP contribution in [0.4, 0.5) is 5.95 Å². The number of morpholine rings is 1. The van der Waals surface area contributed by atoms with Gasteiger partial charge >= 0.3 is 5.76 Å². The maximum atomic E-state index is 11.9. The van der Waals surface area contributed by atoms with Crippen LogP contribution in [-0.4, -0.2) is 54.5 Å². The molecule has 0 spiro atoms. The second-order valence-electron chi connectivity index (χ2n) is 11.6. The number of nitrogens with zero attached hydrogens (tertiary/aromatic N) is 7. The fourth-order valence-corrected chi connectivity index (χ4v) is 6.50. The lowest BCUT2D eigenvalue weighted by Crippen LogP contribution is -2.41. The van der Waals surface area contributed by atoms with Crippen LogP contribution in [0.25, 0.3) is 34.1 Å². The van der Waals surface area contributed by atoms with Gasteiger partial charge in [0.2, 0.25) is 11.8 Å². The van der Waals surface area contributed by atoms with E-state index in [-0.39, 0.29) is 17.8 Å². The molecule has 0 radical (unpaired) electrons. The van der Waals surface area contributed by atoms with Crippen LogP contribution in [0.1, 0.15) is 49.9 Å². The van der Waals surface area contributed by atoms with Crippen LogP contribution in [0, 0.1) is 18.8 Å².